The molecule has 0 fully saturated rings. The van der Waals surface area contributed by atoms with Crippen LogP contribution in [-0.2, 0) is 11.3 Å². The predicted molar refractivity (Wildman–Crippen MR) is 61.6 cm³/mol. The first-order valence-corrected chi connectivity index (χ1v) is 5.23. The lowest BCUT2D eigenvalue weighted by molar-refractivity contribution is -0.120. The van der Waals surface area contributed by atoms with Crippen LogP contribution < -0.4 is 10.6 Å². The monoisotopic (exact) mass is 237 g/mol. The summed E-state index contributed by atoms with van der Waals surface area (Å²) in [5.74, 6) is -1.01. The van der Waals surface area contributed by atoms with Gasteiger partial charge in [-0.3, -0.25) is 9.78 Å². The Morgan fingerprint density at radius 2 is 2.18 bits per heavy atom. The number of hydrogen-bond acceptors (Lipinski definition) is 4. The fourth-order valence-electron chi connectivity index (χ4n) is 1.20. The average molecular weight is 237 g/mol. The van der Waals surface area contributed by atoms with E-state index in [2.05, 4.69) is 15.6 Å². The molecule has 0 aliphatic heterocycles. The van der Waals surface area contributed by atoms with Gasteiger partial charge in [0.1, 0.15) is 0 Å². The van der Waals surface area contributed by atoms with E-state index >= 15 is 0 Å². The zero-order valence-electron chi connectivity index (χ0n) is 9.56. The molecule has 0 saturated heterocycles. The quantitative estimate of drug-likeness (QED) is 0.606. The Bertz CT molecular complexity index is 389. The first kappa shape index (κ1) is 13.1. The van der Waals surface area contributed by atoms with Crippen LogP contribution in [0.2, 0.25) is 0 Å². The molecule has 0 bridgehead atoms. The molecule has 3 N–H and O–H groups in total. The molecule has 1 aromatic rings. The minimum atomic E-state index is -0.989. The lowest BCUT2D eigenvalue weighted by atomic mass is 10.2. The number of rotatable bonds is 6. The number of carboxylic acids is 1. The summed E-state index contributed by atoms with van der Waals surface area (Å²) in [6.45, 7) is 1.07. The summed E-state index contributed by atoms with van der Waals surface area (Å²) in [4.78, 5) is 25.5. The number of carboxylic acid groups (broad SMARTS) is 1. The highest BCUT2D eigenvalue weighted by atomic mass is 16.4. The number of pyridine rings is 1. The Kier molecular flexibility index (Phi) is 5.09. The van der Waals surface area contributed by atoms with Crippen LogP contribution in [-0.4, -0.2) is 35.6 Å². The Balaban J connectivity index is 2.32. The summed E-state index contributed by atoms with van der Waals surface area (Å²) in [5.41, 5.74) is 0.908. The molecule has 6 heteroatoms. The lowest BCUT2D eigenvalue weighted by Crippen LogP contribution is -2.24. The zero-order chi connectivity index (χ0) is 12.7. The van der Waals surface area contributed by atoms with Gasteiger partial charge >= 0.3 is 5.97 Å². The molecule has 1 heterocycles. The second kappa shape index (κ2) is 6.59. The van der Waals surface area contributed by atoms with Crippen molar-refractivity contribution in [3.8, 4) is 0 Å². The number of carbonyl (C=O) groups is 2. The van der Waals surface area contributed by atoms with Gasteiger partial charge in [-0.15, -0.1) is 0 Å². The van der Waals surface area contributed by atoms with E-state index in [4.69, 9.17) is 5.11 Å². The summed E-state index contributed by atoms with van der Waals surface area (Å²) >= 11 is 0. The van der Waals surface area contributed by atoms with Gasteiger partial charge in [0, 0.05) is 32.8 Å². The van der Waals surface area contributed by atoms with E-state index in [1.165, 1.54) is 12.3 Å². The fraction of sp³-hybridized carbons (Fsp3) is 0.364. The molecule has 1 rings (SSSR count). The van der Waals surface area contributed by atoms with Gasteiger partial charge in [-0.25, -0.2) is 4.79 Å². The van der Waals surface area contributed by atoms with Gasteiger partial charge in [-0.05, 0) is 12.1 Å². The van der Waals surface area contributed by atoms with Crippen molar-refractivity contribution in [3.05, 3.63) is 29.6 Å². The van der Waals surface area contributed by atoms with E-state index in [0.29, 0.717) is 19.5 Å². The van der Waals surface area contributed by atoms with Gasteiger partial charge in [0.2, 0.25) is 5.91 Å². The zero-order valence-corrected chi connectivity index (χ0v) is 9.56. The van der Waals surface area contributed by atoms with E-state index < -0.39 is 5.97 Å². The Hall–Kier alpha value is -1.95. The van der Waals surface area contributed by atoms with Crippen LogP contribution >= 0.6 is 0 Å². The molecule has 0 atom stereocenters. The minimum absolute atomic E-state index is 0.0216. The molecule has 92 valence electrons. The van der Waals surface area contributed by atoms with Crippen molar-refractivity contribution in [3.63, 3.8) is 0 Å². The molecule has 0 aliphatic carbocycles. The molecule has 0 saturated carbocycles. The number of nitrogens with one attached hydrogen (secondary N) is 2. The maximum Gasteiger partial charge on any atom is 0.337 e. The van der Waals surface area contributed by atoms with Gasteiger partial charge < -0.3 is 15.7 Å². The number of carbonyl (C=O) groups excluding carboxylic acids is 1. The first-order valence-electron chi connectivity index (χ1n) is 5.23. The molecule has 6 nitrogen and oxygen atoms in total. The van der Waals surface area contributed by atoms with Gasteiger partial charge in [0.05, 0.1) is 11.3 Å². The highest BCUT2D eigenvalue weighted by Crippen LogP contribution is 1.99. The Morgan fingerprint density at radius 3 is 2.71 bits per heavy atom. The molecule has 0 spiro atoms. The van der Waals surface area contributed by atoms with Crippen LogP contribution in [0, 0.1) is 0 Å². The topological polar surface area (TPSA) is 91.3 Å². The predicted octanol–water partition coefficient (Wildman–Crippen LogP) is 0.00550. The fourth-order valence-corrected chi connectivity index (χ4v) is 1.20. The molecular weight excluding hydrogens is 222 g/mol. The maximum atomic E-state index is 10.9. The van der Waals surface area contributed by atoms with Crippen LogP contribution in [0.15, 0.2) is 18.3 Å². The summed E-state index contributed by atoms with van der Waals surface area (Å²) in [6.07, 6.45) is 1.72. The van der Waals surface area contributed by atoms with Crippen LogP contribution in [0.3, 0.4) is 0 Å². The van der Waals surface area contributed by atoms with E-state index in [9.17, 15) is 9.59 Å². The van der Waals surface area contributed by atoms with E-state index in [-0.39, 0.29) is 11.5 Å². The van der Waals surface area contributed by atoms with Crippen LogP contribution in [0.4, 0.5) is 0 Å². The molecule has 0 unspecified atom stereocenters. The number of hydrogen-bond donors (Lipinski definition) is 3. The average Bonchev–Trinajstić information content (AvgIpc) is 2.34. The molecule has 1 aromatic heterocycles. The van der Waals surface area contributed by atoms with Gasteiger partial charge in [-0.2, -0.15) is 0 Å². The normalized spacial score (nSPS) is 9.94. The third kappa shape index (κ3) is 4.60. The molecule has 0 aliphatic rings. The van der Waals surface area contributed by atoms with Crippen molar-refractivity contribution in [2.75, 3.05) is 13.6 Å². The summed E-state index contributed by atoms with van der Waals surface area (Å²) in [7, 11) is 1.59. The lowest BCUT2D eigenvalue weighted by Gasteiger charge is -2.04. The summed E-state index contributed by atoms with van der Waals surface area (Å²) < 4.78 is 0. The van der Waals surface area contributed by atoms with Crippen molar-refractivity contribution in [1.29, 1.82) is 0 Å². The molecule has 1 amide bonds. The van der Waals surface area contributed by atoms with Crippen molar-refractivity contribution in [1.82, 2.24) is 15.6 Å². The summed E-state index contributed by atoms with van der Waals surface area (Å²) in [6, 6.07) is 3.15. The van der Waals surface area contributed by atoms with Crippen molar-refractivity contribution < 1.29 is 14.7 Å². The van der Waals surface area contributed by atoms with Crippen molar-refractivity contribution in [2.45, 2.75) is 13.0 Å². The molecule has 17 heavy (non-hydrogen) atoms. The number of nitrogens with zero attached hydrogens (tertiary/aromatic N) is 1. The largest absolute Gasteiger partial charge is 0.478 e. The highest BCUT2D eigenvalue weighted by Gasteiger charge is 2.02. The second-order valence-corrected chi connectivity index (χ2v) is 3.44. The highest BCUT2D eigenvalue weighted by molar-refractivity contribution is 5.87. The summed E-state index contributed by atoms with van der Waals surface area (Å²) in [5, 5.41) is 14.2. The second-order valence-electron chi connectivity index (χ2n) is 3.44. The minimum Gasteiger partial charge on any atom is -0.478 e. The standard InChI is InChI=1S/C11H15N3O3/c1-12-10(15)4-5-13-7-9-3-2-8(6-14-9)11(16)17/h2-3,6,13H,4-5,7H2,1H3,(H,12,15)(H,16,17). The first-order chi connectivity index (χ1) is 8.13. The smallest absolute Gasteiger partial charge is 0.337 e. The molecular formula is C11H15N3O3. The van der Waals surface area contributed by atoms with Crippen LogP contribution in [0.5, 0.6) is 0 Å². The third-order valence-electron chi connectivity index (χ3n) is 2.19. The third-order valence-corrected chi connectivity index (χ3v) is 2.19. The number of amides is 1. The van der Waals surface area contributed by atoms with Gasteiger partial charge in [0.25, 0.3) is 0 Å². The van der Waals surface area contributed by atoms with Crippen molar-refractivity contribution >= 4 is 11.9 Å². The molecule has 0 aromatic carbocycles. The molecule has 0 radical (unpaired) electrons. The van der Waals surface area contributed by atoms with E-state index in [0.717, 1.165) is 5.69 Å². The van der Waals surface area contributed by atoms with Gasteiger partial charge in [-0.1, -0.05) is 0 Å². The number of aromatic carboxylic acids is 1. The Morgan fingerprint density at radius 1 is 1.41 bits per heavy atom. The van der Waals surface area contributed by atoms with Crippen LogP contribution in [0.1, 0.15) is 22.5 Å². The van der Waals surface area contributed by atoms with Gasteiger partial charge in [0.15, 0.2) is 0 Å². The maximum absolute atomic E-state index is 10.9. The Labute approximate surface area is 99.1 Å². The van der Waals surface area contributed by atoms with Crippen LogP contribution in [0.25, 0.3) is 0 Å². The SMILES string of the molecule is CNC(=O)CCNCc1ccc(C(=O)O)cn1. The van der Waals surface area contributed by atoms with E-state index in [1.807, 2.05) is 0 Å². The van der Waals surface area contributed by atoms with E-state index in [1.54, 1.807) is 13.1 Å². The number of aromatic nitrogens is 1. The van der Waals surface area contributed by atoms with Crippen molar-refractivity contribution in [2.24, 2.45) is 0 Å².